The SMILES string of the molecule is CC(=O)O.CCC1C(=O)N(CCc2c[nH]c3cc(C)ccc23)CCN1C(=O)c1ccccc1. The number of rotatable bonds is 5. The van der Waals surface area contributed by atoms with E-state index in [1.807, 2.05) is 48.4 Å². The minimum Gasteiger partial charge on any atom is -0.481 e. The van der Waals surface area contributed by atoms with Gasteiger partial charge >= 0.3 is 0 Å². The summed E-state index contributed by atoms with van der Waals surface area (Å²) in [5.74, 6) is -0.837. The second-order valence-corrected chi connectivity index (χ2v) is 8.25. The van der Waals surface area contributed by atoms with E-state index < -0.39 is 5.97 Å². The van der Waals surface area contributed by atoms with Crippen molar-refractivity contribution in [3.05, 3.63) is 71.4 Å². The first kappa shape index (κ1) is 24.0. The fourth-order valence-electron chi connectivity index (χ4n) is 4.21. The average Bonchev–Trinajstić information content (AvgIpc) is 3.19. The Hall–Kier alpha value is -3.61. The highest BCUT2D eigenvalue weighted by Gasteiger charge is 2.36. The number of carboxylic acids is 1. The zero-order chi connectivity index (χ0) is 24.0. The van der Waals surface area contributed by atoms with Gasteiger partial charge in [-0.2, -0.15) is 0 Å². The monoisotopic (exact) mass is 449 g/mol. The number of aromatic nitrogens is 1. The van der Waals surface area contributed by atoms with Crippen LogP contribution in [0.1, 0.15) is 41.8 Å². The maximum Gasteiger partial charge on any atom is 0.300 e. The van der Waals surface area contributed by atoms with Gasteiger partial charge in [-0.3, -0.25) is 14.4 Å². The predicted molar refractivity (Wildman–Crippen MR) is 128 cm³/mol. The van der Waals surface area contributed by atoms with E-state index in [0.29, 0.717) is 31.6 Å². The van der Waals surface area contributed by atoms with Crippen molar-refractivity contribution >= 4 is 28.7 Å². The lowest BCUT2D eigenvalue weighted by atomic mass is 10.0. The molecule has 3 aromatic rings. The van der Waals surface area contributed by atoms with Crippen LogP contribution in [0.2, 0.25) is 0 Å². The van der Waals surface area contributed by atoms with Gasteiger partial charge in [0.2, 0.25) is 5.91 Å². The molecule has 1 aliphatic rings. The number of carbonyl (C=O) groups excluding carboxylic acids is 2. The highest BCUT2D eigenvalue weighted by Crippen LogP contribution is 2.22. The first-order valence-corrected chi connectivity index (χ1v) is 11.2. The van der Waals surface area contributed by atoms with E-state index in [0.717, 1.165) is 18.9 Å². The van der Waals surface area contributed by atoms with Crippen LogP contribution in [0.25, 0.3) is 10.9 Å². The summed E-state index contributed by atoms with van der Waals surface area (Å²) in [6, 6.07) is 15.2. The molecule has 7 nitrogen and oxygen atoms in total. The zero-order valence-corrected chi connectivity index (χ0v) is 19.4. The third-order valence-electron chi connectivity index (χ3n) is 5.83. The van der Waals surface area contributed by atoms with Crippen molar-refractivity contribution in [3.8, 4) is 0 Å². The summed E-state index contributed by atoms with van der Waals surface area (Å²) in [5.41, 5.74) is 4.23. The van der Waals surface area contributed by atoms with Crippen LogP contribution < -0.4 is 0 Å². The van der Waals surface area contributed by atoms with Crippen LogP contribution in [0.15, 0.2) is 54.7 Å². The first-order valence-electron chi connectivity index (χ1n) is 11.2. The summed E-state index contributed by atoms with van der Waals surface area (Å²) in [4.78, 5) is 42.0. The number of H-pyrrole nitrogens is 1. The summed E-state index contributed by atoms with van der Waals surface area (Å²) in [5, 5.41) is 8.63. The zero-order valence-electron chi connectivity index (χ0n) is 19.4. The molecule has 1 saturated heterocycles. The summed E-state index contributed by atoms with van der Waals surface area (Å²) >= 11 is 0. The number of aliphatic carboxylic acids is 1. The Morgan fingerprint density at radius 3 is 2.48 bits per heavy atom. The van der Waals surface area contributed by atoms with Gasteiger partial charge in [0.1, 0.15) is 6.04 Å². The minimum atomic E-state index is -0.833. The molecule has 0 radical (unpaired) electrons. The summed E-state index contributed by atoms with van der Waals surface area (Å²) in [6.07, 6.45) is 3.47. The second-order valence-electron chi connectivity index (χ2n) is 8.25. The average molecular weight is 450 g/mol. The molecular formula is C26H31N3O4. The largest absolute Gasteiger partial charge is 0.481 e. The molecular weight excluding hydrogens is 418 g/mol. The molecule has 33 heavy (non-hydrogen) atoms. The molecule has 1 unspecified atom stereocenters. The Morgan fingerprint density at radius 2 is 1.82 bits per heavy atom. The van der Waals surface area contributed by atoms with Crippen LogP contribution in [0, 0.1) is 6.92 Å². The molecule has 1 aliphatic heterocycles. The molecule has 1 aromatic heterocycles. The number of aryl methyl sites for hydroxylation is 1. The predicted octanol–water partition coefficient (Wildman–Crippen LogP) is 3.87. The summed E-state index contributed by atoms with van der Waals surface area (Å²) < 4.78 is 0. The molecule has 2 aromatic carbocycles. The molecule has 2 N–H and O–H groups in total. The molecule has 174 valence electrons. The molecule has 0 bridgehead atoms. The lowest BCUT2D eigenvalue weighted by molar-refractivity contribution is -0.140. The number of fused-ring (bicyclic) bond motifs is 1. The topological polar surface area (TPSA) is 93.7 Å². The van der Waals surface area contributed by atoms with Gasteiger partial charge < -0.3 is 19.9 Å². The van der Waals surface area contributed by atoms with E-state index in [9.17, 15) is 9.59 Å². The van der Waals surface area contributed by atoms with E-state index in [4.69, 9.17) is 9.90 Å². The fourth-order valence-corrected chi connectivity index (χ4v) is 4.21. The standard InChI is InChI=1S/C24H27N3O2.C2H4O2/c1-3-22-24(29)26(13-14-27(22)23(28)18-7-5-4-6-8-18)12-11-19-16-25-21-15-17(2)9-10-20(19)21;1-2(3)4/h4-10,15-16,22,25H,3,11-14H2,1-2H3;1H3,(H,3,4). The van der Waals surface area contributed by atoms with Gasteiger partial charge in [-0.1, -0.05) is 37.3 Å². The molecule has 2 amide bonds. The Kier molecular flexibility index (Phi) is 7.87. The van der Waals surface area contributed by atoms with Crippen molar-refractivity contribution in [1.82, 2.24) is 14.8 Å². The lowest BCUT2D eigenvalue weighted by Gasteiger charge is -2.40. The number of carbonyl (C=O) groups is 3. The number of benzene rings is 2. The Balaban J connectivity index is 0.000000709. The quantitative estimate of drug-likeness (QED) is 0.618. The van der Waals surface area contributed by atoms with Crippen molar-refractivity contribution in [2.24, 2.45) is 0 Å². The van der Waals surface area contributed by atoms with Crippen molar-refractivity contribution in [2.45, 2.75) is 39.7 Å². The second kappa shape index (κ2) is 10.8. The van der Waals surface area contributed by atoms with Crippen LogP contribution >= 0.6 is 0 Å². The van der Waals surface area contributed by atoms with E-state index in [2.05, 4.69) is 30.1 Å². The van der Waals surface area contributed by atoms with Gasteiger partial charge in [-0.05, 0) is 49.1 Å². The maximum absolute atomic E-state index is 13.1. The van der Waals surface area contributed by atoms with Gasteiger partial charge in [-0.15, -0.1) is 0 Å². The fraction of sp³-hybridized carbons (Fsp3) is 0.346. The number of amides is 2. The number of hydrogen-bond acceptors (Lipinski definition) is 3. The van der Waals surface area contributed by atoms with E-state index in [-0.39, 0.29) is 17.9 Å². The van der Waals surface area contributed by atoms with Gasteiger partial charge in [0.25, 0.3) is 11.9 Å². The number of piperazine rings is 1. The molecule has 0 spiro atoms. The number of nitrogens with zero attached hydrogens (tertiary/aromatic N) is 2. The third-order valence-corrected chi connectivity index (χ3v) is 5.83. The van der Waals surface area contributed by atoms with Crippen LogP contribution in [0.4, 0.5) is 0 Å². The normalized spacial score (nSPS) is 15.8. The van der Waals surface area contributed by atoms with E-state index in [1.165, 1.54) is 16.5 Å². The van der Waals surface area contributed by atoms with Crippen molar-refractivity contribution < 1.29 is 19.5 Å². The van der Waals surface area contributed by atoms with Crippen LogP contribution in [0.3, 0.4) is 0 Å². The van der Waals surface area contributed by atoms with Gasteiger partial charge in [0, 0.05) is 49.2 Å². The highest BCUT2D eigenvalue weighted by molar-refractivity contribution is 5.98. The number of carboxylic acid groups (broad SMARTS) is 1. The minimum absolute atomic E-state index is 0.0544. The van der Waals surface area contributed by atoms with Gasteiger partial charge in [-0.25, -0.2) is 0 Å². The van der Waals surface area contributed by atoms with Crippen LogP contribution in [-0.2, 0) is 16.0 Å². The smallest absolute Gasteiger partial charge is 0.300 e. The Morgan fingerprint density at radius 1 is 1.12 bits per heavy atom. The Labute approximate surface area is 194 Å². The molecule has 1 atom stereocenters. The number of nitrogens with one attached hydrogen (secondary N) is 1. The van der Waals surface area contributed by atoms with E-state index >= 15 is 0 Å². The van der Waals surface area contributed by atoms with E-state index in [1.54, 1.807) is 4.90 Å². The number of aromatic amines is 1. The first-order chi connectivity index (χ1) is 15.8. The maximum atomic E-state index is 13.1. The molecule has 0 saturated carbocycles. The van der Waals surface area contributed by atoms with Gasteiger partial charge in [0.05, 0.1) is 0 Å². The molecule has 4 rings (SSSR count). The van der Waals surface area contributed by atoms with Crippen LogP contribution in [-0.4, -0.2) is 63.4 Å². The molecule has 7 heteroatoms. The van der Waals surface area contributed by atoms with Crippen molar-refractivity contribution in [3.63, 3.8) is 0 Å². The van der Waals surface area contributed by atoms with Crippen molar-refractivity contribution in [1.29, 1.82) is 0 Å². The summed E-state index contributed by atoms with van der Waals surface area (Å²) in [7, 11) is 0. The molecule has 0 aliphatic carbocycles. The van der Waals surface area contributed by atoms with Gasteiger partial charge in [0.15, 0.2) is 0 Å². The number of hydrogen-bond donors (Lipinski definition) is 2. The molecule has 1 fully saturated rings. The van der Waals surface area contributed by atoms with Crippen molar-refractivity contribution in [2.75, 3.05) is 19.6 Å². The summed E-state index contributed by atoms with van der Waals surface area (Å²) in [6.45, 7) is 6.96. The lowest BCUT2D eigenvalue weighted by Crippen LogP contribution is -2.58. The van der Waals surface area contributed by atoms with Crippen LogP contribution in [0.5, 0.6) is 0 Å². The Bertz CT molecular complexity index is 1120. The molecule has 2 heterocycles. The third kappa shape index (κ3) is 5.80. The highest BCUT2D eigenvalue weighted by atomic mass is 16.4.